The van der Waals surface area contributed by atoms with Gasteiger partial charge in [-0.1, -0.05) is 17.7 Å². The first-order valence-corrected chi connectivity index (χ1v) is 7.09. The summed E-state index contributed by atoms with van der Waals surface area (Å²) < 4.78 is 44.3. The van der Waals surface area contributed by atoms with Crippen LogP contribution in [0.1, 0.15) is 25.0 Å². The fraction of sp³-hybridized carbons (Fsp3) is 0.375. The minimum atomic E-state index is -4.56. The molecule has 0 N–H and O–H groups in total. The Labute approximate surface area is 132 Å². The van der Waals surface area contributed by atoms with Gasteiger partial charge in [0.25, 0.3) is 0 Å². The number of anilines is 2. The standard InChI is InChI=1S/C16H18F3N3O/c1-10(2)23-14-13(16(17,18)19)9-20-15(21-14)22(4)12-7-5-11(3)6-8-12/h5-10H,1-4H3. The Morgan fingerprint density at radius 2 is 1.74 bits per heavy atom. The molecule has 23 heavy (non-hydrogen) atoms. The van der Waals surface area contributed by atoms with Crippen LogP contribution in [0.5, 0.6) is 5.88 Å². The molecule has 0 amide bonds. The maximum Gasteiger partial charge on any atom is 0.423 e. The molecule has 124 valence electrons. The molecule has 0 aliphatic carbocycles. The maximum absolute atomic E-state index is 13.0. The number of alkyl halides is 3. The number of aryl methyl sites for hydroxylation is 1. The molecule has 1 aromatic heterocycles. The topological polar surface area (TPSA) is 38.2 Å². The Kier molecular flexibility index (Phi) is 4.77. The molecule has 0 saturated heterocycles. The van der Waals surface area contributed by atoms with Crippen LogP contribution in [0.3, 0.4) is 0 Å². The Morgan fingerprint density at radius 1 is 1.13 bits per heavy atom. The van der Waals surface area contributed by atoms with Gasteiger partial charge in [0.1, 0.15) is 5.56 Å². The number of hydrogen-bond acceptors (Lipinski definition) is 4. The summed E-state index contributed by atoms with van der Waals surface area (Å²) in [5.41, 5.74) is 0.873. The summed E-state index contributed by atoms with van der Waals surface area (Å²) in [6.45, 7) is 5.24. The summed E-state index contributed by atoms with van der Waals surface area (Å²) in [5.74, 6) is -0.325. The summed E-state index contributed by atoms with van der Waals surface area (Å²) in [7, 11) is 1.69. The van der Waals surface area contributed by atoms with E-state index in [9.17, 15) is 13.2 Å². The van der Waals surface area contributed by atoms with Crippen molar-refractivity contribution in [2.45, 2.75) is 33.1 Å². The summed E-state index contributed by atoms with van der Waals surface area (Å²) in [6.07, 6.45) is -4.24. The quantitative estimate of drug-likeness (QED) is 0.837. The van der Waals surface area contributed by atoms with Crippen molar-refractivity contribution in [2.75, 3.05) is 11.9 Å². The summed E-state index contributed by atoms with van der Waals surface area (Å²) in [5, 5.41) is 0. The minimum absolute atomic E-state index is 0.137. The van der Waals surface area contributed by atoms with Crippen molar-refractivity contribution in [2.24, 2.45) is 0 Å². The van der Waals surface area contributed by atoms with Crippen LogP contribution in [0.25, 0.3) is 0 Å². The van der Waals surface area contributed by atoms with Gasteiger partial charge in [-0.15, -0.1) is 0 Å². The van der Waals surface area contributed by atoms with Gasteiger partial charge in [-0.3, -0.25) is 0 Å². The fourth-order valence-electron chi connectivity index (χ4n) is 1.91. The number of hydrogen-bond donors (Lipinski definition) is 0. The number of halogens is 3. The van der Waals surface area contributed by atoms with Crippen molar-refractivity contribution in [1.82, 2.24) is 9.97 Å². The van der Waals surface area contributed by atoms with E-state index in [0.29, 0.717) is 0 Å². The molecule has 7 heteroatoms. The van der Waals surface area contributed by atoms with E-state index in [1.807, 2.05) is 31.2 Å². The second-order valence-electron chi connectivity index (χ2n) is 5.45. The van der Waals surface area contributed by atoms with E-state index in [-0.39, 0.29) is 5.95 Å². The van der Waals surface area contributed by atoms with Crippen LogP contribution in [-0.4, -0.2) is 23.1 Å². The molecule has 0 aliphatic heterocycles. The summed E-state index contributed by atoms with van der Waals surface area (Å²) >= 11 is 0. The predicted molar refractivity (Wildman–Crippen MR) is 82.0 cm³/mol. The van der Waals surface area contributed by atoms with Crippen LogP contribution in [0, 0.1) is 6.92 Å². The third-order valence-electron chi connectivity index (χ3n) is 3.12. The largest absolute Gasteiger partial charge is 0.474 e. The highest BCUT2D eigenvalue weighted by atomic mass is 19.4. The first kappa shape index (κ1) is 17.1. The van der Waals surface area contributed by atoms with E-state index < -0.39 is 23.7 Å². The van der Waals surface area contributed by atoms with Crippen LogP contribution in [0.4, 0.5) is 24.8 Å². The average Bonchev–Trinajstić information content (AvgIpc) is 2.45. The van der Waals surface area contributed by atoms with Crippen LogP contribution >= 0.6 is 0 Å². The summed E-state index contributed by atoms with van der Waals surface area (Å²) in [4.78, 5) is 9.38. The van der Waals surface area contributed by atoms with E-state index in [2.05, 4.69) is 9.97 Å². The molecule has 0 radical (unpaired) electrons. The molecule has 0 spiro atoms. The molecule has 4 nitrogen and oxygen atoms in total. The maximum atomic E-state index is 13.0. The molecule has 2 aromatic rings. The number of ether oxygens (including phenoxy) is 1. The van der Waals surface area contributed by atoms with Gasteiger partial charge in [0.2, 0.25) is 11.8 Å². The molecule has 1 heterocycles. The van der Waals surface area contributed by atoms with E-state index in [1.165, 1.54) is 0 Å². The van der Waals surface area contributed by atoms with E-state index in [1.54, 1.807) is 25.8 Å². The van der Waals surface area contributed by atoms with Crippen LogP contribution in [0.15, 0.2) is 30.5 Å². The average molecular weight is 325 g/mol. The van der Waals surface area contributed by atoms with Gasteiger partial charge in [-0.05, 0) is 32.9 Å². The molecule has 0 atom stereocenters. The monoisotopic (exact) mass is 325 g/mol. The highest BCUT2D eigenvalue weighted by Crippen LogP contribution is 2.36. The molecular weight excluding hydrogens is 307 g/mol. The highest BCUT2D eigenvalue weighted by Gasteiger charge is 2.36. The SMILES string of the molecule is Cc1ccc(N(C)c2ncc(C(F)(F)F)c(OC(C)C)n2)cc1. The lowest BCUT2D eigenvalue weighted by atomic mass is 10.2. The van der Waals surface area contributed by atoms with E-state index in [4.69, 9.17) is 4.74 Å². The van der Waals surface area contributed by atoms with E-state index >= 15 is 0 Å². The molecule has 0 aliphatic rings. The molecule has 0 saturated carbocycles. The number of aromatic nitrogens is 2. The van der Waals surface area contributed by atoms with Crippen molar-refractivity contribution in [3.8, 4) is 5.88 Å². The van der Waals surface area contributed by atoms with Crippen molar-refractivity contribution in [1.29, 1.82) is 0 Å². The lowest BCUT2D eigenvalue weighted by molar-refractivity contribution is -0.139. The fourth-order valence-corrected chi connectivity index (χ4v) is 1.91. The molecule has 2 rings (SSSR count). The Hall–Kier alpha value is -2.31. The van der Waals surface area contributed by atoms with Gasteiger partial charge in [0, 0.05) is 18.9 Å². The van der Waals surface area contributed by atoms with E-state index in [0.717, 1.165) is 17.4 Å². The first-order chi connectivity index (χ1) is 10.7. The lowest BCUT2D eigenvalue weighted by Gasteiger charge is -2.20. The smallest absolute Gasteiger partial charge is 0.423 e. The normalized spacial score (nSPS) is 11.7. The zero-order valence-corrected chi connectivity index (χ0v) is 13.3. The van der Waals surface area contributed by atoms with Crippen molar-refractivity contribution in [3.05, 3.63) is 41.6 Å². The number of rotatable bonds is 4. The molecular formula is C16H18F3N3O. The van der Waals surface area contributed by atoms with Gasteiger partial charge in [-0.25, -0.2) is 4.98 Å². The Balaban J connectivity index is 2.41. The first-order valence-electron chi connectivity index (χ1n) is 7.09. The van der Waals surface area contributed by atoms with Gasteiger partial charge in [-0.2, -0.15) is 18.2 Å². The van der Waals surface area contributed by atoms with Gasteiger partial charge >= 0.3 is 6.18 Å². The zero-order valence-electron chi connectivity index (χ0n) is 13.3. The third-order valence-corrected chi connectivity index (χ3v) is 3.12. The van der Waals surface area contributed by atoms with Gasteiger partial charge in [0.15, 0.2) is 0 Å². The number of nitrogens with zero attached hydrogens (tertiary/aromatic N) is 3. The minimum Gasteiger partial charge on any atom is -0.474 e. The molecule has 0 bridgehead atoms. The van der Waals surface area contributed by atoms with Crippen molar-refractivity contribution < 1.29 is 17.9 Å². The Morgan fingerprint density at radius 3 is 2.26 bits per heavy atom. The molecule has 0 fully saturated rings. The predicted octanol–water partition coefficient (Wildman–Crippen LogP) is 4.36. The van der Waals surface area contributed by atoms with Crippen molar-refractivity contribution in [3.63, 3.8) is 0 Å². The second kappa shape index (κ2) is 6.44. The van der Waals surface area contributed by atoms with Crippen LogP contribution in [0.2, 0.25) is 0 Å². The highest BCUT2D eigenvalue weighted by molar-refractivity contribution is 5.57. The Bertz CT molecular complexity index is 669. The van der Waals surface area contributed by atoms with Crippen LogP contribution < -0.4 is 9.64 Å². The lowest BCUT2D eigenvalue weighted by Crippen LogP contribution is -2.19. The van der Waals surface area contributed by atoms with Crippen LogP contribution in [-0.2, 0) is 6.18 Å². The van der Waals surface area contributed by atoms with Gasteiger partial charge in [0.05, 0.1) is 6.10 Å². The van der Waals surface area contributed by atoms with Crippen molar-refractivity contribution >= 4 is 11.6 Å². The van der Waals surface area contributed by atoms with Gasteiger partial charge < -0.3 is 9.64 Å². The summed E-state index contributed by atoms with van der Waals surface area (Å²) in [6, 6.07) is 7.50. The number of benzene rings is 1. The molecule has 1 aromatic carbocycles. The molecule has 0 unspecified atom stereocenters. The second-order valence-corrected chi connectivity index (χ2v) is 5.45. The zero-order chi connectivity index (χ0) is 17.2. The third kappa shape index (κ3) is 4.12.